The molecule has 2 aromatic carbocycles. The number of carbonyl (C=O) groups is 1. The van der Waals surface area contributed by atoms with E-state index >= 15 is 0 Å². The fraction of sp³-hybridized carbons (Fsp3) is 0.345. The van der Waals surface area contributed by atoms with Crippen molar-refractivity contribution in [2.75, 3.05) is 27.9 Å². The van der Waals surface area contributed by atoms with E-state index in [-0.39, 0.29) is 12.2 Å². The van der Waals surface area contributed by atoms with E-state index in [1.165, 1.54) is 11.3 Å². The summed E-state index contributed by atoms with van der Waals surface area (Å²) < 4.78 is 24.0. The molecule has 3 aromatic rings. The summed E-state index contributed by atoms with van der Waals surface area (Å²) in [7, 11) is 4.75. The van der Waals surface area contributed by atoms with Crippen LogP contribution >= 0.6 is 11.3 Å². The van der Waals surface area contributed by atoms with Crippen molar-refractivity contribution in [3.63, 3.8) is 0 Å². The Morgan fingerprint density at radius 2 is 1.76 bits per heavy atom. The van der Waals surface area contributed by atoms with Gasteiger partial charge in [-0.15, -0.1) is 0 Å². The molecule has 0 unspecified atom stereocenters. The lowest BCUT2D eigenvalue weighted by molar-refractivity contribution is -0.139. The molecule has 200 valence electrons. The van der Waals surface area contributed by atoms with Crippen LogP contribution in [-0.2, 0) is 9.53 Å². The molecule has 0 N–H and O–H groups in total. The standard InChI is InChI=1S/C29H32N2O6S/c1-7-9-22-25(28(33)37-8-2)26(21-16-20(35-5)12-13-23(21)36-6)31-27(32)24(38-29(31)30-22)15-18-10-11-19(34-4)14-17(18)3/h10-16,26H,7-9H2,1-6H3/b24-15-/t26-/m0/s1. The van der Waals surface area contributed by atoms with Crippen LogP contribution < -0.4 is 29.1 Å². The van der Waals surface area contributed by atoms with Crippen LogP contribution in [0.1, 0.15) is 49.4 Å². The highest BCUT2D eigenvalue weighted by molar-refractivity contribution is 7.07. The largest absolute Gasteiger partial charge is 0.497 e. The van der Waals surface area contributed by atoms with Crippen molar-refractivity contribution in [2.24, 2.45) is 4.99 Å². The molecule has 2 heterocycles. The number of esters is 1. The molecule has 4 rings (SSSR count). The van der Waals surface area contributed by atoms with Crippen LogP contribution in [0.15, 0.2) is 57.5 Å². The molecule has 0 radical (unpaired) electrons. The van der Waals surface area contributed by atoms with Gasteiger partial charge in [0.05, 0.1) is 43.7 Å². The van der Waals surface area contributed by atoms with Gasteiger partial charge in [-0.3, -0.25) is 9.36 Å². The van der Waals surface area contributed by atoms with E-state index in [4.69, 9.17) is 23.9 Å². The van der Waals surface area contributed by atoms with E-state index in [0.717, 1.165) is 23.3 Å². The van der Waals surface area contributed by atoms with Crippen molar-refractivity contribution < 1.29 is 23.7 Å². The van der Waals surface area contributed by atoms with Crippen molar-refractivity contribution in [3.8, 4) is 17.2 Å². The minimum atomic E-state index is -0.795. The maximum atomic E-state index is 14.0. The van der Waals surface area contributed by atoms with E-state index in [2.05, 4.69) is 0 Å². The number of ether oxygens (including phenoxy) is 4. The molecule has 9 heteroatoms. The van der Waals surface area contributed by atoms with Crippen LogP contribution in [0.5, 0.6) is 17.2 Å². The Hall–Kier alpha value is -3.85. The van der Waals surface area contributed by atoms with Gasteiger partial charge in [0.2, 0.25) is 0 Å². The summed E-state index contributed by atoms with van der Waals surface area (Å²) in [6.07, 6.45) is 3.18. The molecule has 0 fully saturated rings. The zero-order valence-corrected chi connectivity index (χ0v) is 23.3. The van der Waals surface area contributed by atoms with Crippen LogP contribution in [0.2, 0.25) is 0 Å². The third kappa shape index (κ3) is 5.11. The summed E-state index contributed by atoms with van der Waals surface area (Å²) in [6.45, 7) is 5.94. The van der Waals surface area contributed by atoms with E-state index in [9.17, 15) is 9.59 Å². The maximum absolute atomic E-state index is 14.0. The Morgan fingerprint density at radius 3 is 2.39 bits per heavy atom. The molecule has 1 aliphatic rings. The summed E-state index contributed by atoms with van der Waals surface area (Å²) in [4.78, 5) is 32.7. The average Bonchev–Trinajstić information content (AvgIpc) is 3.23. The minimum Gasteiger partial charge on any atom is -0.497 e. The van der Waals surface area contributed by atoms with Gasteiger partial charge in [0.15, 0.2) is 4.80 Å². The van der Waals surface area contributed by atoms with Crippen molar-refractivity contribution in [2.45, 2.75) is 39.7 Å². The number of carbonyl (C=O) groups excluding carboxylic acids is 1. The van der Waals surface area contributed by atoms with Crippen molar-refractivity contribution in [3.05, 3.63) is 84.0 Å². The number of methoxy groups -OCH3 is 3. The highest BCUT2D eigenvalue weighted by Crippen LogP contribution is 2.38. The van der Waals surface area contributed by atoms with Gasteiger partial charge in [0.25, 0.3) is 5.56 Å². The highest BCUT2D eigenvalue weighted by Gasteiger charge is 2.36. The number of benzene rings is 2. The molecule has 1 aromatic heterocycles. The molecule has 0 amide bonds. The Labute approximate surface area is 225 Å². The van der Waals surface area contributed by atoms with E-state index < -0.39 is 12.0 Å². The number of hydrogen-bond donors (Lipinski definition) is 0. The molecule has 38 heavy (non-hydrogen) atoms. The van der Waals surface area contributed by atoms with Gasteiger partial charge in [-0.25, -0.2) is 9.79 Å². The molecule has 0 spiro atoms. The highest BCUT2D eigenvalue weighted by atomic mass is 32.1. The minimum absolute atomic E-state index is 0.199. The molecular weight excluding hydrogens is 504 g/mol. The van der Waals surface area contributed by atoms with Crippen molar-refractivity contribution >= 4 is 23.4 Å². The summed E-state index contributed by atoms with van der Waals surface area (Å²) in [5, 5.41) is 0. The Bertz CT molecular complexity index is 1570. The average molecular weight is 537 g/mol. The van der Waals surface area contributed by atoms with Gasteiger partial charge < -0.3 is 18.9 Å². The number of rotatable bonds is 9. The van der Waals surface area contributed by atoms with Crippen LogP contribution in [0.3, 0.4) is 0 Å². The van der Waals surface area contributed by atoms with Gasteiger partial charge in [-0.2, -0.15) is 0 Å². The maximum Gasteiger partial charge on any atom is 0.338 e. The summed E-state index contributed by atoms with van der Waals surface area (Å²) >= 11 is 1.29. The zero-order chi connectivity index (χ0) is 27.4. The van der Waals surface area contributed by atoms with Gasteiger partial charge in [0.1, 0.15) is 23.3 Å². The Kier molecular flexibility index (Phi) is 8.36. The predicted octanol–water partition coefficient (Wildman–Crippen LogP) is 3.91. The number of nitrogens with zero attached hydrogens (tertiary/aromatic N) is 2. The predicted molar refractivity (Wildman–Crippen MR) is 147 cm³/mol. The summed E-state index contributed by atoms with van der Waals surface area (Å²) in [6, 6.07) is 10.2. The monoisotopic (exact) mass is 536 g/mol. The SMILES string of the molecule is CCCC1=C(C(=O)OCC)[C@H](c2cc(OC)ccc2OC)n2c(s/c(=C\c3ccc(OC)cc3C)c2=O)=N1. The van der Waals surface area contributed by atoms with E-state index in [0.29, 0.717) is 44.1 Å². The van der Waals surface area contributed by atoms with E-state index in [1.54, 1.807) is 51.0 Å². The van der Waals surface area contributed by atoms with Crippen LogP contribution in [0.4, 0.5) is 0 Å². The topological polar surface area (TPSA) is 88.4 Å². The molecular formula is C29H32N2O6S. The quantitative estimate of drug-likeness (QED) is 0.386. The van der Waals surface area contributed by atoms with Crippen molar-refractivity contribution in [1.29, 1.82) is 0 Å². The number of aromatic nitrogens is 1. The molecule has 8 nitrogen and oxygen atoms in total. The fourth-order valence-electron chi connectivity index (χ4n) is 4.55. The van der Waals surface area contributed by atoms with Crippen LogP contribution in [0, 0.1) is 6.92 Å². The molecule has 1 aliphatic heterocycles. The first kappa shape index (κ1) is 27.2. The molecule has 0 aliphatic carbocycles. The number of aryl methyl sites for hydroxylation is 1. The lowest BCUT2D eigenvalue weighted by Gasteiger charge is -2.27. The van der Waals surface area contributed by atoms with E-state index in [1.807, 2.05) is 38.1 Å². The summed E-state index contributed by atoms with van der Waals surface area (Å²) in [5.41, 5.74) is 3.17. The molecule has 0 saturated heterocycles. The second-order valence-corrected chi connectivity index (χ2v) is 9.75. The molecule has 1 atom stereocenters. The Balaban J connectivity index is 2.04. The number of allylic oxidation sites excluding steroid dienone is 1. The summed E-state index contributed by atoms with van der Waals surface area (Å²) in [5.74, 6) is 1.34. The lowest BCUT2D eigenvalue weighted by atomic mass is 9.93. The zero-order valence-electron chi connectivity index (χ0n) is 22.5. The van der Waals surface area contributed by atoms with Crippen LogP contribution in [-0.4, -0.2) is 38.5 Å². The molecule has 0 saturated carbocycles. The second kappa shape index (κ2) is 11.7. The number of fused-ring (bicyclic) bond motifs is 1. The smallest absolute Gasteiger partial charge is 0.338 e. The number of thiazole rings is 1. The number of hydrogen-bond acceptors (Lipinski definition) is 8. The van der Waals surface area contributed by atoms with Gasteiger partial charge in [-0.05, 0) is 67.8 Å². The van der Waals surface area contributed by atoms with Gasteiger partial charge >= 0.3 is 5.97 Å². The van der Waals surface area contributed by atoms with Gasteiger partial charge in [-0.1, -0.05) is 30.7 Å². The first-order chi connectivity index (χ1) is 18.4. The molecule has 0 bridgehead atoms. The first-order valence-corrected chi connectivity index (χ1v) is 13.3. The second-order valence-electron chi connectivity index (χ2n) is 8.74. The normalized spacial score (nSPS) is 15.1. The Morgan fingerprint density at radius 1 is 1.05 bits per heavy atom. The lowest BCUT2D eigenvalue weighted by Crippen LogP contribution is -2.40. The van der Waals surface area contributed by atoms with Crippen LogP contribution in [0.25, 0.3) is 6.08 Å². The van der Waals surface area contributed by atoms with Crippen molar-refractivity contribution in [1.82, 2.24) is 4.57 Å². The van der Waals surface area contributed by atoms with Gasteiger partial charge in [0, 0.05) is 5.56 Å². The third-order valence-electron chi connectivity index (χ3n) is 6.39. The fourth-order valence-corrected chi connectivity index (χ4v) is 5.56. The first-order valence-electron chi connectivity index (χ1n) is 12.4. The third-order valence-corrected chi connectivity index (χ3v) is 7.37.